The molecule has 0 aromatic heterocycles. The van der Waals surface area contributed by atoms with Gasteiger partial charge in [-0.3, -0.25) is 13.9 Å². The van der Waals surface area contributed by atoms with Gasteiger partial charge in [0.25, 0.3) is 10.0 Å². The lowest BCUT2D eigenvalue weighted by atomic mass is 10.1. The Morgan fingerprint density at radius 3 is 2.16 bits per heavy atom. The second-order valence-electron chi connectivity index (χ2n) is 8.91. The third kappa shape index (κ3) is 7.41. The number of sulfonamides is 1. The first kappa shape index (κ1) is 29.8. The molecule has 1 N–H and O–H groups in total. The molecular formula is C27H28Cl3N3O4S. The predicted molar refractivity (Wildman–Crippen MR) is 152 cm³/mol. The molecule has 0 fully saturated rings. The van der Waals surface area contributed by atoms with Crippen LogP contribution in [0, 0.1) is 0 Å². The average Bonchev–Trinajstić information content (AvgIpc) is 2.87. The highest BCUT2D eigenvalue weighted by Crippen LogP contribution is 2.27. The molecule has 11 heteroatoms. The van der Waals surface area contributed by atoms with Crippen LogP contribution in [0.1, 0.15) is 26.3 Å². The molecule has 3 aromatic carbocycles. The molecule has 0 heterocycles. The number of amides is 2. The Labute approximate surface area is 238 Å². The Hall–Kier alpha value is -2.78. The number of anilines is 1. The molecule has 1 atom stereocenters. The summed E-state index contributed by atoms with van der Waals surface area (Å²) < 4.78 is 28.4. The van der Waals surface area contributed by atoms with Gasteiger partial charge in [0.05, 0.1) is 20.6 Å². The normalized spacial score (nSPS) is 12.2. The van der Waals surface area contributed by atoms with Gasteiger partial charge in [-0.05, 0) is 68.8 Å². The van der Waals surface area contributed by atoms with Crippen molar-refractivity contribution in [2.45, 2.75) is 44.3 Å². The summed E-state index contributed by atoms with van der Waals surface area (Å²) in [5.74, 6) is -0.976. The Kier molecular flexibility index (Phi) is 10.1. The van der Waals surface area contributed by atoms with Gasteiger partial charge in [0.2, 0.25) is 11.8 Å². The third-order valence-electron chi connectivity index (χ3n) is 5.64. The van der Waals surface area contributed by atoms with E-state index >= 15 is 0 Å². The van der Waals surface area contributed by atoms with Crippen LogP contribution in [0.4, 0.5) is 5.69 Å². The quantitative estimate of drug-likeness (QED) is 0.321. The Balaban J connectivity index is 2.03. The lowest BCUT2D eigenvalue weighted by Gasteiger charge is -2.32. The summed E-state index contributed by atoms with van der Waals surface area (Å²) >= 11 is 18.4. The van der Waals surface area contributed by atoms with Crippen LogP contribution in [0.15, 0.2) is 77.7 Å². The zero-order chi connectivity index (χ0) is 28.0. The summed E-state index contributed by atoms with van der Waals surface area (Å²) in [4.78, 5) is 28.1. The lowest BCUT2D eigenvalue weighted by molar-refractivity contribution is -0.139. The molecule has 0 saturated carbocycles. The van der Waals surface area contributed by atoms with Crippen LogP contribution in [-0.2, 0) is 26.2 Å². The van der Waals surface area contributed by atoms with Crippen molar-refractivity contribution in [1.29, 1.82) is 0 Å². The predicted octanol–water partition coefficient (Wildman–Crippen LogP) is 5.78. The third-order valence-corrected chi connectivity index (χ3v) is 8.40. The number of carbonyl (C=O) groups is 2. The number of halogens is 3. The van der Waals surface area contributed by atoms with Gasteiger partial charge in [0, 0.05) is 17.6 Å². The van der Waals surface area contributed by atoms with Crippen LogP contribution < -0.4 is 9.62 Å². The van der Waals surface area contributed by atoms with Gasteiger partial charge in [-0.2, -0.15) is 0 Å². The van der Waals surface area contributed by atoms with Gasteiger partial charge >= 0.3 is 0 Å². The first-order valence-electron chi connectivity index (χ1n) is 11.8. The summed E-state index contributed by atoms with van der Waals surface area (Å²) in [6.45, 7) is 4.63. The number of nitrogens with zero attached hydrogens (tertiary/aromatic N) is 2. The second kappa shape index (κ2) is 12.8. The molecule has 38 heavy (non-hydrogen) atoms. The monoisotopic (exact) mass is 595 g/mol. The molecule has 0 aliphatic heterocycles. The van der Waals surface area contributed by atoms with Crippen molar-refractivity contribution >= 4 is 62.3 Å². The SMILES string of the molecule is CC(C)NC(=O)[C@H](C)N(Cc1ccc(Cl)c(Cl)c1)C(=O)CN(c1cccc(Cl)c1)S(=O)(=O)c1ccccc1. The fraction of sp³-hybridized carbons (Fsp3) is 0.259. The first-order chi connectivity index (χ1) is 17.9. The van der Waals surface area contributed by atoms with E-state index in [1.165, 1.54) is 23.1 Å². The minimum Gasteiger partial charge on any atom is -0.352 e. The van der Waals surface area contributed by atoms with Gasteiger partial charge in [0.1, 0.15) is 12.6 Å². The number of carbonyl (C=O) groups excluding carboxylic acids is 2. The van der Waals surface area contributed by atoms with Gasteiger partial charge in [-0.1, -0.05) is 65.1 Å². The van der Waals surface area contributed by atoms with Crippen molar-refractivity contribution in [2.24, 2.45) is 0 Å². The van der Waals surface area contributed by atoms with Crippen LogP contribution in [0.2, 0.25) is 15.1 Å². The minimum atomic E-state index is -4.16. The molecule has 0 unspecified atom stereocenters. The zero-order valence-electron chi connectivity index (χ0n) is 21.1. The maximum atomic E-state index is 13.8. The topological polar surface area (TPSA) is 86.8 Å². The highest BCUT2D eigenvalue weighted by atomic mass is 35.5. The number of benzene rings is 3. The number of nitrogens with one attached hydrogen (secondary N) is 1. The van der Waals surface area contributed by atoms with E-state index < -0.39 is 28.5 Å². The van der Waals surface area contributed by atoms with Crippen molar-refractivity contribution in [3.63, 3.8) is 0 Å². The molecule has 0 spiro atoms. The fourth-order valence-corrected chi connectivity index (χ4v) is 5.63. The second-order valence-corrected chi connectivity index (χ2v) is 12.0. The highest BCUT2D eigenvalue weighted by molar-refractivity contribution is 7.92. The van der Waals surface area contributed by atoms with Gasteiger partial charge in [-0.25, -0.2) is 8.42 Å². The van der Waals surface area contributed by atoms with E-state index in [0.29, 0.717) is 20.6 Å². The van der Waals surface area contributed by atoms with Crippen molar-refractivity contribution < 1.29 is 18.0 Å². The van der Waals surface area contributed by atoms with Crippen molar-refractivity contribution in [2.75, 3.05) is 10.8 Å². The maximum Gasteiger partial charge on any atom is 0.264 e. The van der Waals surface area contributed by atoms with Gasteiger partial charge in [-0.15, -0.1) is 0 Å². The van der Waals surface area contributed by atoms with Crippen molar-refractivity contribution in [3.8, 4) is 0 Å². The summed E-state index contributed by atoms with van der Waals surface area (Å²) in [6, 6.07) is 17.8. The lowest BCUT2D eigenvalue weighted by Crippen LogP contribution is -2.52. The highest BCUT2D eigenvalue weighted by Gasteiger charge is 2.32. The summed E-state index contributed by atoms with van der Waals surface area (Å²) in [5, 5.41) is 3.75. The molecule has 3 aromatic rings. The van der Waals surface area contributed by atoms with Crippen LogP contribution in [-0.4, -0.2) is 43.8 Å². The average molecular weight is 597 g/mol. The van der Waals surface area contributed by atoms with E-state index in [2.05, 4.69) is 5.32 Å². The molecule has 2 amide bonds. The molecular weight excluding hydrogens is 569 g/mol. The molecule has 7 nitrogen and oxygen atoms in total. The number of hydrogen-bond acceptors (Lipinski definition) is 4. The van der Waals surface area contributed by atoms with Crippen LogP contribution in [0.25, 0.3) is 0 Å². The summed E-state index contributed by atoms with van der Waals surface area (Å²) in [5.41, 5.74) is 0.834. The van der Waals surface area contributed by atoms with E-state index in [1.54, 1.807) is 61.5 Å². The minimum absolute atomic E-state index is 0.00280. The fourth-order valence-electron chi connectivity index (χ4n) is 3.70. The molecule has 0 saturated heterocycles. The molecule has 0 aliphatic rings. The largest absolute Gasteiger partial charge is 0.352 e. The number of rotatable bonds is 10. The number of hydrogen-bond donors (Lipinski definition) is 1. The van der Waals surface area contributed by atoms with Crippen LogP contribution >= 0.6 is 34.8 Å². The van der Waals surface area contributed by atoms with E-state index in [9.17, 15) is 18.0 Å². The first-order valence-corrected chi connectivity index (χ1v) is 14.3. The van der Waals surface area contributed by atoms with Crippen molar-refractivity contribution in [1.82, 2.24) is 10.2 Å². The van der Waals surface area contributed by atoms with Gasteiger partial charge < -0.3 is 10.2 Å². The Morgan fingerprint density at radius 1 is 0.868 bits per heavy atom. The van der Waals surface area contributed by atoms with Gasteiger partial charge in [0.15, 0.2) is 0 Å². The molecule has 0 bridgehead atoms. The zero-order valence-corrected chi connectivity index (χ0v) is 24.2. The summed E-state index contributed by atoms with van der Waals surface area (Å²) in [6.07, 6.45) is 0. The molecule has 0 radical (unpaired) electrons. The van der Waals surface area contributed by atoms with Crippen molar-refractivity contribution in [3.05, 3.63) is 93.4 Å². The Bertz CT molecular complexity index is 1400. The summed E-state index contributed by atoms with van der Waals surface area (Å²) in [7, 11) is -4.16. The Morgan fingerprint density at radius 2 is 1.55 bits per heavy atom. The standard InChI is InChI=1S/C27H28Cl3N3O4S/c1-18(2)31-27(35)19(3)32(16-20-12-13-24(29)25(30)14-20)26(34)17-33(22-9-7-8-21(28)15-22)38(36,37)23-10-5-4-6-11-23/h4-15,18-19H,16-17H2,1-3H3,(H,31,35)/t19-/m0/s1. The maximum absolute atomic E-state index is 13.8. The van der Waals surface area contributed by atoms with E-state index in [0.717, 1.165) is 4.31 Å². The van der Waals surface area contributed by atoms with Crippen LogP contribution in [0.3, 0.4) is 0 Å². The smallest absolute Gasteiger partial charge is 0.264 e. The molecule has 0 aliphatic carbocycles. The van der Waals surface area contributed by atoms with E-state index in [1.807, 2.05) is 13.8 Å². The molecule has 202 valence electrons. The van der Waals surface area contributed by atoms with Crippen LogP contribution in [0.5, 0.6) is 0 Å². The van der Waals surface area contributed by atoms with E-state index in [4.69, 9.17) is 34.8 Å². The van der Waals surface area contributed by atoms with E-state index in [-0.39, 0.29) is 29.1 Å². The molecule has 3 rings (SSSR count).